The molecule has 0 spiro atoms. The van der Waals surface area contributed by atoms with Gasteiger partial charge in [-0.15, -0.1) is 0 Å². The van der Waals surface area contributed by atoms with Gasteiger partial charge in [0.15, 0.2) is 0 Å². The molecule has 0 bridgehead atoms. The normalized spacial score (nSPS) is 19.9. The molecule has 3 N–H and O–H groups in total. The first-order valence-corrected chi connectivity index (χ1v) is 6.59. The number of amides is 1. The Kier molecular flexibility index (Phi) is 4.20. The average molecular weight is 247 g/mol. The lowest BCUT2D eigenvalue weighted by Gasteiger charge is -2.22. The summed E-state index contributed by atoms with van der Waals surface area (Å²) in [6.45, 7) is 3.67. The molecule has 1 aromatic rings. The Bertz CT molecular complexity index is 419. The third-order valence-electron chi connectivity index (χ3n) is 3.55. The molecule has 1 fully saturated rings. The van der Waals surface area contributed by atoms with Crippen molar-refractivity contribution in [2.24, 2.45) is 0 Å². The number of rotatable bonds is 4. The van der Waals surface area contributed by atoms with E-state index in [2.05, 4.69) is 17.1 Å². The molecular weight excluding hydrogens is 226 g/mol. The molecule has 0 radical (unpaired) electrons. The fraction of sp³-hybridized carbons (Fsp3) is 0.500. The Labute approximate surface area is 108 Å². The lowest BCUT2D eigenvalue weighted by molar-refractivity contribution is -0.117. The molecule has 1 atom stereocenters. The van der Waals surface area contributed by atoms with Crippen molar-refractivity contribution in [2.45, 2.75) is 32.2 Å². The van der Waals surface area contributed by atoms with Crippen LogP contribution >= 0.6 is 0 Å². The maximum absolute atomic E-state index is 12.0. The van der Waals surface area contributed by atoms with E-state index in [1.807, 2.05) is 18.2 Å². The van der Waals surface area contributed by atoms with Crippen LogP contribution < -0.4 is 11.1 Å². The number of carbonyl (C=O) groups is 1. The molecular formula is C14H21N3O. The fourth-order valence-electron chi connectivity index (χ4n) is 2.55. The van der Waals surface area contributed by atoms with E-state index in [4.69, 9.17) is 5.73 Å². The fourth-order valence-corrected chi connectivity index (χ4v) is 2.55. The van der Waals surface area contributed by atoms with Crippen molar-refractivity contribution in [2.75, 3.05) is 24.1 Å². The molecule has 0 saturated carbocycles. The zero-order valence-electron chi connectivity index (χ0n) is 10.9. The predicted octanol–water partition coefficient (Wildman–Crippen LogP) is 2.08. The summed E-state index contributed by atoms with van der Waals surface area (Å²) < 4.78 is 0. The van der Waals surface area contributed by atoms with Crippen molar-refractivity contribution < 1.29 is 4.79 Å². The van der Waals surface area contributed by atoms with Crippen molar-refractivity contribution in [1.29, 1.82) is 0 Å². The first-order chi connectivity index (χ1) is 8.70. The summed E-state index contributed by atoms with van der Waals surface area (Å²) in [6.07, 6.45) is 3.51. The Morgan fingerprint density at radius 2 is 2.28 bits per heavy atom. The molecule has 1 aromatic carbocycles. The SMILES string of the molecule is CCC1CCCN1CC(=O)Nc1ccccc1N. The van der Waals surface area contributed by atoms with Crippen molar-refractivity contribution in [1.82, 2.24) is 4.90 Å². The van der Waals surface area contributed by atoms with Gasteiger partial charge in [0, 0.05) is 6.04 Å². The van der Waals surface area contributed by atoms with Gasteiger partial charge in [-0.05, 0) is 37.9 Å². The third-order valence-corrected chi connectivity index (χ3v) is 3.55. The van der Waals surface area contributed by atoms with E-state index in [0.29, 0.717) is 24.0 Å². The summed E-state index contributed by atoms with van der Waals surface area (Å²) in [5.74, 6) is 0.0215. The van der Waals surface area contributed by atoms with E-state index in [-0.39, 0.29) is 5.91 Å². The van der Waals surface area contributed by atoms with Crippen molar-refractivity contribution in [3.8, 4) is 0 Å². The van der Waals surface area contributed by atoms with Crippen LogP contribution in [0.25, 0.3) is 0 Å². The second kappa shape index (κ2) is 5.87. The molecule has 0 aliphatic carbocycles. The van der Waals surface area contributed by atoms with Gasteiger partial charge in [0.25, 0.3) is 0 Å². The van der Waals surface area contributed by atoms with Crippen LogP contribution in [0.1, 0.15) is 26.2 Å². The summed E-state index contributed by atoms with van der Waals surface area (Å²) in [5.41, 5.74) is 7.12. The summed E-state index contributed by atoms with van der Waals surface area (Å²) in [6, 6.07) is 7.91. The summed E-state index contributed by atoms with van der Waals surface area (Å²) in [7, 11) is 0. The van der Waals surface area contributed by atoms with Gasteiger partial charge in [0.2, 0.25) is 5.91 Å². The standard InChI is InChI=1S/C14H21N3O/c1-2-11-6-5-9-17(11)10-14(18)16-13-8-4-3-7-12(13)15/h3-4,7-8,11H,2,5-6,9-10,15H2,1H3,(H,16,18). The average Bonchev–Trinajstić information content (AvgIpc) is 2.79. The summed E-state index contributed by atoms with van der Waals surface area (Å²) in [5, 5.41) is 2.88. The van der Waals surface area contributed by atoms with Crippen LogP contribution in [-0.2, 0) is 4.79 Å². The quantitative estimate of drug-likeness (QED) is 0.801. The van der Waals surface area contributed by atoms with Crippen LogP contribution in [0.5, 0.6) is 0 Å². The Hall–Kier alpha value is -1.55. The van der Waals surface area contributed by atoms with Crippen LogP contribution in [0.4, 0.5) is 11.4 Å². The number of nitrogens with zero attached hydrogens (tertiary/aromatic N) is 1. The number of nitrogens with one attached hydrogen (secondary N) is 1. The molecule has 1 amide bonds. The van der Waals surface area contributed by atoms with Gasteiger partial charge in [-0.3, -0.25) is 9.69 Å². The molecule has 1 heterocycles. The summed E-state index contributed by atoms with van der Waals surface area (Å²) >= 11 is 0. The Balaban J connectivity index is 1.91. The van der Waals surface area contributed by atoms with Gasteiger partial charge in [-0.25, -0.2) is 0 Å². The number of hydrogen-bond acceptors (Lipinski definition) is 3. The lowest BCUT2D eigenvalue weighted by Crippen LogP contribution is -2.36. The number of carbonyl (C=O) groups excluding carboxylic acids is 1. The van der Waals surface area contributed by atoms with Crippen LogP contribution in [0.2, 0.25) is 0 Å². The first kappa shape index (κ1) is 12.9. The highest BCUT2D eigenvalue weighted by Crippen LogP contribution is 2.20. The molecule has 1 saturated heterocycles. The first-order valence-electron chi connectivity index (χ1n) is 6.59. The zero-order chi connectivity index (χ0) is 13.0. The zero-order valence-corrected chi connectivity index (χ0v) is 10.9. The molecule has 1 unspecified atom stereocenters. The topological polar surface area (TPSA) is 58.4 Å². The maximum Gasteiger partial charge on any atom is 0.238 e. The van der Waals surface area contributed by atoms with Crippen LogP contribution in [0.3, 0.4) is 0 Å². The monoisotopic (exact) mass is 247 g/mol. The Morgan fingerprint density at radius 1 is 1.50 bits per heavy atom. The van der Waals surface area contributed by atoms with Gasteiger partial charge in [0.05, 0.1) is 17.9 Å². The third kappa shape index (κ3) is 3.01. The van der Waals surface area contributed by atoms with Crippen molar-refractivity contribution in [3.63, 3.8) is 0 Å². The highest BCUT2D eigenvalue weighted by molar-refractivity contribution is 5.95. The number of para-hydroxylation sites is 2. The largest absolute Gasteiger partial charge is 0.397 e. The van der Waals surface area contributed by atoms with Gasteiger partial charge in [0.1, 0.15) is 0 Å². The second-order valence-corrected chi connectivity index (χ2v) is 4.81. The van der Waals surface area contributed by atoms with E-state index in [1.54, 1.807) is 6.07 Å². The highest BCUT2D eigenvalue weighted by Gasteiger charge is 2.24. The number of likely N-dealkylation sites (tertiary alicyclic amines) is 1. The number of hydrogen-bond donors (Lipinski definition) is 2. The molecule has 1 aliphatic heterocycles. The van der Waals surface area contributed by atoms with E-state index in [9.17, 15) is 4.79 Å². The molecule has 98 valence electrons. The molecule has 4 heteroatoms. The van der Waals surface area contributed by atoms with Crippen LogP contribution in [0, 0.1) is 0 Å². The highest BCUT2D eigenvalue weighted by atomic mass is 16.2. The lowest BCUT2D eigenvalue weighted by atomic mass is 10.2. The number of anilines is 2. The van der Waals surface area contributed by atoms with E-state index >= 15 is 0 Å². The van der Waals surface area contributed by atoms with Crippen molar-refractivity contribution in [3.05, 3.63) is 24.3 Å². The van der Waals surface area contributed by atoms with Gasteiger partial charge in [-0.1, -0.05) is 19.1 Å². The van der Waals surface area contributed by atoms with E-state index in [1.165, 1.54) is 12.8 Å². The minimum atomic E-state index is 0.0215. The van der Waals surface area contributed by atoms with Gasteiger partial charge < -0.3 is 11.1 Å². The second-order valence-electron chi connectivity index (χ2n) is 4.81. The van der Waals surface area contributed by atoms with E-state index < -0.39 is 0 Å². The van der Waals surface area contributed by atoms with Crippen LogP contribution in [-0.4, -0.2) is 29.9 Å². The molecule has 1 aliphatic rings. The number of nitrogens with two attached hydrogens (primary N) is 1. The Morgan fingerprint density at radius 3 is 3.00 bits per heavy atom. The molecule has 18 heavy (non-hydrogen) atoms. The number of benzene rings is 1. The number of nitrogen functional groups attached to an aromatic ring is 1. The van der Waals surface area contributed by atoms with E-state index in [0.717, 1.165) is 13.0 Å². The molecule has 4 nitrogen and oxygen atoms in total. The van der Waals surface area contributed by atoms with Crippen molar-refractivity contribution >= 4 is 17.3 Å². The molecule has 0 aromatic heterocycles. The van der Waals surface area contributed by atoms with Gasteiger partial charge >= 0.3 is 0 Å². The maximum atomic E-state index is 12.0. The van der Waals surface area contributed by atoms with Gasteiger partial charge in [-0.2, -0.15) is 0 Å². The molecule has 2 rings (SSSR count). The summed E-state index contributed by atoms with van der Waals surface area (Å²) in [4.78, 5) is 14.2. The predicted molar refractivity (Wildman–Crippen MR) is 74.4 cm³/mol. The van der Waals surface area contributed by atoms with Crippen LogP contribution in [0.15, 0.2) is 24.3 Å². The minimum Gasteiger partial charge on any atom is -0.397 e. The minimum absolute atomic E-state index is 0.0215. The smallest absolute Gasteiger partial charge is 0.238 e.